The zero-order chi connectivity index (χ0) is 19.2. The van der Waals surface area contributed by atoms with Crippen molar-refractivity contribution < 1.29 is 19.9 Å². The van der Waals surface area contributed by atoms with Crippen LogP contribution in [-0.4, -0.2) is 46.2 Å². The number of hydrogen-bond donors (Lipinski definition) is 3. The molecule has 0 amide bonds. The molecular formula is C21H32BNO4. The van der Waals surface area contributed by atoms with Gasteiger partial charge < -0.3 is 15.2 Å². The van der Waals surface area contributed by atoms with Crippen molar-refractivity contribution in [1.29, 1.82) is 0 Å². The monoisotopic (exact) mass is 373 g/mol. The molecule has 27 heavy (non-hydrogen) atoms. The molecule has 2 unspecified atom stereocenters. The molecule has 148 valence electrons. The molecule has 5 nitrogen and oxygen atoms in total. The lowest BCUT2D eigenvalue weighted by Gasteiger charge is -2.38. The van der Waals surface area contributed by atoms with Crippen LogP contribution in [0.3, 0.4) is 0 Å². The van der Waals surface area contributed by atoms with Crippen molar-refractivity contribution in [3.05, 3.63) is 35.4 Å². The van der Waals surface area contributed by atoms with Crippen LogP contribution in [0.4, 0.5) is 0 Å². The SMILES string of the molecule is O=C(O)C(CCCCCB(O)O)C1CCN(C2CCc3ccccc32)CC1. The molecule has 1 aliphatic heterocycles. The minimum atomic E-state index is -1.25. The first-order chi connectivity index (χ1) is 13.1. The molecule has 2 aliphatic rings. The van der Waals surface area contributed by atoms with Crippen LogP contribution >= 0.6 is 0 Å². The third kappa shape index (κ3) is 5.34. The van der Waals surface area contributed by atoms with Gasteiger partial charge in [-0.05, 0) is 68.6 Å². The van der Waals surface area contributed by atoms with Crippen molar-refractivity contribution in [2.45, 2.75) is 63.7 Å². The van der Waals surface area contributed by atoms with Gasteiger partial charge in [0, 0.05) is 6.04 Å². The van der Waals surface area contributed by atoms with Crippen LogP contribution in [-0.2, 0) is 11.2 Å². The number of aryl methyl sites for hydroxylation is 1. The molecule has 1 aromatic rings. The smallest absolute Gasteiger partial charge is 0.451 e. The summed E-state index contributed by atoms with van der Waals surface area (Å²) in [5.74, 6) is -0.664. The Morgan fingerprint density at radius 1 is 1.11 bits per heavy atom. The van der Waals surface area contributed by atoms with Gasteiger partial charge in [-0.15, -0.1) is 0 Å². The van der Waals surface area contributed by atoms with E-state index in [0.717, 1.165) is 51.6 Å². The summed E-state index contributed by atoms with van der Waals surface area (Å²) in [6, 6.07) is 9.24. The van der Waals surface area contributed by atoms with Crippen molar-refractivity contribution in [1.82, 2.24) is 4.90 Å². The summed E-state index contributed by atoms with van der Waals surface area (Å²) in [5.41, 5.74) is 2.94. The minimum Gasteiger partial charge on any atom is -0.481 e. The Labute approximate surface area is 162 Å². The van der Waals surface area contributed by atoms with Crippen molar-refractivity contribution in [3.63, 3.8) is 0 Å². The normalized spacial score (nSPS) is 21.8. The summed E-state index contributed by atoms with van der Waals surface area (Å²) in [4.78, 5) is 14.3. The van der Waals surface area contributed by atoms with E-state index < -0.39 is 13.1 Å². The highest BCUT2D eigenvalue weighted by atomic mass is 16.4. The van der Waals surface area contributed by atoms with E-state index in [9.17, 15) is 9.90 Å². The molecule has 2 atom stereocenters. The van der Waals surface area contributed by atoms with Gasteiger partial charge >= 0.3 is 13.1 Å². The Bertz CT molecular complexity index is 616. The van der Waals surface area contributed by atoms with E-state index in [1.54, 1.807) is 0 Å². The molecular weight excluding hydrogens is 341 g/mol. The van der Waals surface area contributed by atoms with Gasteiger partial charge in [0.1, 0.15) is 0 Å². The molecule has 3 N–H and O–H groups in total. The lowest BCUT2D eigenvalue weighted by Crippen LogP contribution is -2.39. The lowest BCUT2D eigenvalue weighted by molar-refractivity contribution is -0.144. The zero-order valence-electron chi connectivity index (χ0n) is 16.1. The van der Waals surface area contributed by atoms with Gasteiger partial charge in [0.05, 0.1) is 5.92 Å². The Morgan fingerprint density at radius 2 is 1.85 bits per heavy atom. The summed E-state index contributed by atoms with van der Waals surface area (Å²) in [6.45, 7) is 1.98. The number of benzene rings is 1. The lowest BCUT2D eigenvalue weighted by atomic mass is 9.79. The maximum Gasteiger partial charge on any atom is 0.451 e. The highest BCUT2D eigenvalue weighted by Gasteiger charge is 2.35. The van der Waals surface area contributed by atoms with E-state index in [0.29, 0.717) is 18.8 Å². The van der Waals surface area contributed by atoms with Crippen LogP contribution in [0.25, 0.3) is 0 Å². The van der Waals surface area contributed by atoms with Crippen molar-refractivity contribution in [2.24, 2.45) is 11.8 Å². The van der Waals surface area contributed by atoms with E-state index in [2.05, 4.69) is 29.2 Å². The number of fused-ring (bicyclic) bond motifs is 1. The molecule has 3 rings (SSSR count). The van der Waals surface area contributed by atoms with Crippen LogP contribution in [0.15, 0.2) is 24.3 Å². The molecule has 0 radical (unpaired) electrons. The van der Waals surface area contributed by atoms with E-state index in [-0.39, 0.29) is 11.8 Å². The first-order valence-electron chi connectivity index (χ1n) is 10.5. The third-order valence-corrected chi connectivity index (χ3v) is 6.48. The van der Waals surface area contributed by atoms with Gasteiger partial charge in [-0.25, -0.2) is 0 Å². The predicted molar refractivity (Wildman–Crippen MR) is 106 cm³/mol. The van der Waals surface area contributed by atoms with Crippen LogP contribution in [0.1, 0.15) is 62.1 Å². The fraction of sp³-hybridized carbons (Fsp3) is 0.667. The quantitative estimate of drug-likeness (QED) is 0.458. The Balaban J connectivity index is 1.47. The first-order valence-corrected chi connectivity index (χ1v) is 10.5. The maximum atomic E-state index is 11.8. The Kier molecular flexibility index (Phi) is 7.33. The summed E-state index contributed by atoms with van der Waals surface area (Å²) >= 11 is 0. The largest absolute Gasteiger partial charge is 0.481 e. The second kappa shape index (κ2) is 9.72. The number of carboxylic acids is 1. The number of hydrogen-bond acceptors (Lipinski definition) is 4. The van der Waals surface area contributed by atoms with E-state index in [1.807, 2.05) is 0 Å². The van der Waals surface area contributed by atoms with Gasteiger partial charge in [0.25, 0.3) is 0 Å². The average molecular weight is 373 g/mol. The van der Waals surface area contributed by atoms with Gasteiger partial charge in [0.15, 0.2) is 0 Å². The highest BCUT2D eigenvalue weighted by Crippen LogP contribution is 2.39. The fourth-order valence-electron chi connectivity index (χ4n) is 4.98. The first kappa shape index (κ1) is 20.4. The fourth-order valence-corrected chi connectivity index (χ4v) is 4.98. The standard InChI is InChI=1S/C21H32BNO4/c24-21(25)19(8-2-1-5-13-22(26)27)17-11-14-23(15-12-17)20-10-9-16-6-3-4-7-18(16)20/h3-4,6-7,17,19-20,26-27H,1-2,5,8-15H2,(H,24,25). The second-order valence-electron chi connectivity index (χ2n) is 8.19. The number of rotatable bonds is 9. The number of likely N-dealkylation sites (tertiary alicyclic amines) is 1. The molecule has 0 aromatic heterocycles. The molecule has 0 spiro atoms. The molecule has 1 heterocycles. The van der Waals surface area contributed by atoms with E-state index in [1.165, 1.54) is 17.5 Å². The third-order valence-electron chi connectivity index (χ3n) is 6.48. The van der Waals surface area contributed by atoms with Crippen molar-refractivity contribution in [3.8, 4) is 0 Å². The molecule has 1 fully saturated rings. The predicted octanol–water partition coefficient (Wildman–Crippen LogP) is 3.12. The summed E-state index contributed by atoms with van der Waals surface area (Å²) in [7, 11) is -1.25. The number of aliphatic carboxylic acids is 1. The van der Waals surface area contributed by atoms with Gasteiger partial charge in [-0.2, -0.15) is 0 Å². The van der Waals surface area contributed by atoms with Gasteiger partial charge in [-0.1, -0.05) is 43.5 Å². The highest BCUT2D eigenvalue weighted by molar-refractivity contribution is 6.40. The molecule has 0 bridgehead atoms. The topological polar surface area (TPSA) is 81.0 Å². The molecule has 0 saturated carbocycles. The second-order valence-corrected chi connectivity index (χ2v) is 8.19. The summed E-state index contributed by atoms with van der Waals surface area (Å²) < 4.78 is 0. The van der Waals surface area contributed by atoms with Crippen LogP contribution in [0.5, 0.6) is 0 Å². The zero-order valence-corrected chi connectivity index (χ0v) is 16.1. The van der Waals surface area contributed by atoms with Crippen LogP contribution < -0.4 is 0 Å². The Morgan fingerprint density at radius 3 is 2.56 bits per heavy atom. The summed E-state index contributed by atoms with van der Waals surface area (Å²) in [6.07, 6.45) is 7.79. The van der Waals surface area contributed by atoms with E-state index in [4.69, 9.17) is 10.0 Å². The molecule has 1 saturated heterocycles. The molecule has 1 aliphatic carbocycles. The average Bonchev–Trinajstić information content (AvgIpc) is 3.08. The van der Waals surface area contributed by atoms with E-state index >= 15 is 0 Å². The minimum absolute atomic E-state index is 0.262. The van der Waals surface area contributed by atoms with Gasteiger partial charge in [0.2, 0.25) is 0 Å². The Hall–Kier alpha value is -1.37. The van der Waals surface area contributed by atoms with Crippen LogP contribution in [0, 0.1) is 11.8 Å². The molecule has 1 aromatic carbocycles. The van der Waals surface area contributed by atoms with Crippen molar-refractivity contribution in [2.75, 3.05) is 13.1 Å². The molecule has 6 heteroatoms. The van der Waals surface area contributed by atoms with Gasteiger partial charge in [-0.3, -0.25) is 9.69 Å². The van der Waals surface area contributed by atoms with Crippen LogP contribution in [0.2, 0.25) is 6.32 Å². The summed E-state index contributed by atoms with van der Waals surface area (Å²) in [5, 5.41) is 27.5. The maximum absolute atomic E-state index is 11.8. The number of carbonyl (C=O) groups is 1. The van der Waals surface area contributed by atoms with Crippen molar-refractivity contribution >= 4 is 13.1 Å². The number of piperidine rings is 1. The number of nitrogens with zero attached hydrogens (tertiary/aromatic N) is 1. The number of carboxylic acid groups (broad SMARTS) is 1. The number of unbranched alkanes of at least 4 members (excludes halogenated alkanes) is 2.